The molecule has 0 bridgehead atoms. The fourth-order valence-electron chi connectivity index (χ4n) is 1.17. The lowest BCUT2D eigenvalue weighted by atomic mass is 10.3. The molecule has 0 aliphatic carbocycles. The van der Waals surface area contributed by atoms with E-state index in [1.54, 1.807) is 48.1 Å². The molecule has 6 heteroatoms. The molecule has 1 amide bonds. The van der Waals surface area contributed by atoms with Gasteiger partial charge in [0.1, 0.15) is 0 Å². The number of nitrogens with one attached hydrogen (secondary N) is 1. The van der Waals surface area contributed by atoms with E-state index < -0.39 is 0 Å². The summed E-state index contributed by atoms with van der Waals surface area (Å²) in [5, 5.41) is 3.02. The van der Waals surface area contributed by atoms with Gasteiger partial charge in [-0.2, -0.15) is 0 Å². The molecule has 2 heterocycles. The monoisotopic (exact) mass is 241 g/mol. The topological polar surface area (TPSA) is 45.2 Å². The predicted octanol–water partition coefficient (Wildman–Crippen LogP) is 1.38. The molecule has 1 fully saturated rings. The van der Waals surface area contributed by atoms with Crippen molar-refractivity contribution in [2.45, 2.75) is 0 Å². The number of nitrogens with zero attached hydrogens (tertiary/aromatic N) is 2. The Labute approximate surface area is 96.8 Å². The summed E-state index contributed by atoms with van der Waals surface area (Å²) in [6.45, 7) is 0. The van der Waals surface area contributed by atoms with Gasteiger partial charge in [0.25, 0.3) is 5.91 Å². The maximum absolute atomic E-state index is 11.7. The molecular weight excluding hydrogens is 230 g/mol. The van der Waals surface area contributed by atoms with E-state index in [0.717, 1.165) is 16.8 Å². The average molecular weight is 241 g/mol. The molecule has 1 N–H and O–H groups in total. The highest BCUT2D eigenvalue weighted by Gasteiger charge is 2.13. The first kappa shape index (κ1) is 10.8. The smallest absolute Gasteiger partial charge is 0.265 e. The molecule has 0 aromatic carbocycles. The van der Waals surface area contributed by atoms with E-state index in [1.807, 2.05) is 5.01 Å². The van der Waals surface area contributed by atoms with E-state index in [2.05, 4.69) is 10.4 Å². The van der Waals surface area contributed by atoms with Crippen LogP contribution in [0.3, 0.4) is 0 Å². The molecule has 0 radical (unpaired) electrons. The normalized spacial score (nSPS) is 17.3. The first-order valence-corrected chi connectivity index (χ1v) is 6.78. The molecule has 80 valence electrons. The van der Waals surface area contributed by atoms with Crippen molar-refractivity contribution in [2.75, 3.05) is 16.8 Å². The van der Waals surface area contributed by atoms with Crippen LogP contribution in [0, 0.1) is 0 Å². The van der Waals surface area contributed by atoms with Crippen LogP contribution in [0.4, 0.5) is 0 Å². The lowest BCUT2D eigenvalue weighted by molar-refractivity contribution is 0.0843. The Morgan fingerprint density at radius 1 is 1.33 bits per heavy atom. The SMILES string of the molecule is O=C(NN1CSCSC1)c1ccncc1. The Morgan fingerprint density at radius 2 is 2.00 bits per heavy atom. The average Bonchev–Trinajstić information content (AvgIpc) is 2.31. The third kappa shape index (κ3) is 3.12. The number of hydrazine groups is 1. The number of thioether (sulfide) groups is 2. The summed E-state index contributed by atoms with van der Waals surface area (Å²) in [7, 11) is 0. The summed E-state index contributed by atoms with van der Waals surface area (Å²) in [5.41, 5.74) is 3.50. The number of pyridine rings is 1. The minimum atomic E-state index is -0.0690. The van der Waals surface area contributed by atoms with Gasteiger partial charge in [0.2, 0.25) is 0 Å². The van der Waals surface area contributed by atoms with Gasteiger partial charge in [0.05, 0.1) is 11.8 Å². The molecule has 15 heavy (non-hydrogen) atoms. The van der Waals surface area contributed by atoms with Crippen molar-refractivity contribution in [3.63, 3.8) is 0 Å². The van der Waals surface area contributed by atoms with Gasteiger partial charge in [0.15, 0.2) is 0 Å². The first-order chi connectivity index (χ1) is 7.36. The summed E-state index contributed by atoms with van der Waals surface area (Å²) in [6, 6.07) is 3.42. The highest BCUT2D eigenvalue weighted by Crippen LogP contribution is 2.19. The number of carbonyl (C=O) groups excluding carboxylic acids is 1. The van der Waals surface area contributed by atoms with Gasteiger partial charge in [0, 0.05) is 23.0 Å². The molecule has 1 aromatic rings. The number of rotatable bonds is 2. The van der Waals surface area contributed by atoms with Crippen LogP contribution >= 0.6 is 23.5 Å². The van der Waals surface area contributed by atoms with Gasteiger partial charge in [-0.15, -0.1) is 23.5 Å². The molecule has 0 saturated carbocycles. The molecule has 1 saturated heterocycles. The Kier molecular flexibility index (Phi) is 3.87. The zero-order chi connectivity index (χ0) is 10.5. The minimum Gasteiger partial charge on any atom is -0.283 e. The molecule has 0 spiro atoms. The lowest BCUT2D eigenvalue weighted by Crippen LogP contribution is -2.43. The van der Waals surface area contributed by atoms with Crippen molar-refractivity contribution in [3.8, 4) is 0 Å². The third-order valence-corrected chi connectivity index (χ3v) is 4.18. The van der Waals surface area contributed by atoms with Crippen molar-refractivity contribution in [1.29, 1.82) is 0 Å². The van der Waals surface area contributed by atoms with E-state index in [9.17, 15) is 4.79 Å². The van der Waals surface area contributed by atoms with E-state index in [1.165, 1.54) is 0 Å². The molecular formula is C9H11N3OS2. The van der Waals surface area contributed by atoms with Gasteiger partial charge in [-0.3, -0.25) is 15.2 Å². The fourth-order valence-corrected chi connectivity index (χ4v) is 3.10. The van der Waals surface area contributed by atoms with Gasteiger partial charge in [-0.25, -0.2) is 5.01 Å². The Morgan fingerprint density at radius 3 is 2.67 bits per heavy atom. The van der Waals surface area contributed by atoms with Crippen LogP contribution in [0.2, 0.25) is 0 Å². The van der Waals surface area contributed by atoms with Gasteiger partial charge in [-0.1, -0.05) is 0 Å². The van der Waals surface area contributed by atoms with Crippen LogP contribution in [0.5, 0.6) is 0 Å². The summed E-state index contributed by atoms with van der Waals surface area (Å²) < 4.78 is 0. The van der Waals surface area contributed by atoms with E-state index in [-0.39, 0.29) is 5.91 Å². The number of hydrogen-bond acceptors (Lipinski definition) is 5. The van der Waals surface area contributed by atoms with Crippen LogP contribution in [-0.4, -0.2) is 32.7 Å². The highest BCUT2D eigenvalue weighted by atomic mass is 32.2. The molecule has 1 aromatic heterocycles. The molecule has 1 aliphatic rings. The van der Waals surface area contributed by atoms with Crippen LogP contribution < -0.4 is 5.43 Å². The second kappa shape index (κ2) is 5.39. The van der Waals surface area contributed by atoms with Gasteiger partial charge in [-0.05, 0) is 12.1 Å². The summed E-state index contributed by atoms with van der Waals surface area (Å²) in [6.07, 6.45) is 3.24. The zero-order valence-electron chi connectivity index (χ0n) is 8.05. The maximum Gasteiger partial charge on any atom is 0.265 e. The largest absolute Gasteiger partial charge is 0.283 e. The van der Waals surface area contributed by atoms with Crippen molar-refractivity contribution in [1.82, 2.24) is 15.4 Å². The highest BCUT2D eigenvalue weighted by molar-refractivity contribution is 8.16. The zero-order valence-corrected chi connectivity index (χ0v) is 9.68. The van der Waals surface area contributed by atoms with E-state index in [0.29, 0.717) is 5.56 Å². The van der Waals surface area contributed by atoms with Gasteiger partial charge >= 0.3 is 0 Å². The Hall–Kier alpha value is -0.720. The summed E-state index contributed by atoms with van der Waals surface area (Å²) in [4.78, 5) is 15.6. The molecule has 4 nitrogen and oxygen atoms in total. The number of hydrogen-bond donors (Lipinski definition) is 1. The van der Waals surface area contributed by atoms with E-state index >= 15 is 0 Å². The Balaban J connectivity index is 1.91. The second-order valence-electron chi connectivity index (χ2n) is 3.00. The first-order valence-electron chi connectivity index (χ1n) is 4.48. The molecule has 1 aliphatic heterocycles. The summed E-state index contributed by atoms with van der Waals surface area (Å²) >= 11 is 3.60. The molecule has 0 unspecified atom stereocenters. The Bertz CT molecular complexity index is 327. The number of carbonyl (C=O) groups is 1. The quantitative estimate of drug-likeness (QED) is 0.847. The van der Waals surface area contributed by atoms with Crippen LogP contribution in [0.15, 0.2) is 24.5 Å². The molecule has 0 atom stereocenters. The fraction of sp³-hybridized carbons (Fsp3) is 0.333. The maximum atomic E-state index is 11.7. The third-order valence-electron chi connectivity index (χ3n) is 1.86. The second-order valence-corrected chi connectivity index (χ2v) is 5.28. The predicted molar refractivity (Wildman–Crippen MR) is 63.3 cm³/mol. The van der Waals surface area contributed by atoms with Crippen molar-refractivity contribution < 1.29 is 4.79 Å². The minimum absolute atomic E-state index is 0.0690. The van der Waals surface area contributed by atoms with Gasteiger partial charge < -0.3 is 0 Å². The number of amides is 1. The standard InChI is InChI=1S/C9H11N3OS2/c13-9(8-1-3-10-4-2-8)11-12-5-14-7-15-6-12/h1-4H,5-7H2,(H,11,13). The van der Waals surface area contributed by atoms with E-state index in [4.69, 9.17) is 0 Å². The van der Waals surface area contributed by atoms with Crippen LogP contribution in [-0.2, 0) is 0 Å². The van der Waals surface area contributed by atoms with Crippen molar-refractivity contribution >= 4 is 29.4 Å². The van der Waals surface area contributed by atoms with Crippen LogP contribution in [0.25, 0.3) is 0 Å². The lowest BCUT2D eigenvalue weighted by Gasteiger charge is -2.25. The van der Waals surface area contributed by atoms with Crippen LogP contribution in [0.1, 0.15) is 10.4 Å². The molecule has 2 rings (SSSR count). The van der Waals surface area contributed by atoms with Crippen molar-refractivity contribution in [3.05, 3.63) is 30.1 Å². The summed E-state index contributed by atoms with van der Waals surface area (Å²) in [5.74, 6) is 1.63. The number of aromatic nitrogens is 1. The van der Waals surface area contributed by atoms with Crippen molar-refractivity contribution in [2.24, 2.45) is 0 Å².